The molecule has 0 aliphatic heterocycles. The molecule has 0 spiro atoms. The summed E-state index contributed by atoms with van der Waals surface area (Å²) in [6.45, 7) is 23.6. The van der Waals surface area contributed by atoms with Crippen LogP contribution in [0.2, 0.25) is 0 Å². The topological polar surface area (TPSA) is 486 Å². The second-order valence-electron chi connectivity index (χ2n) is 33.7. The number of carboxylic acid groups (broad SMARTS) is 3. The molecule has 0 saturated heterocycles. The van der Waals surface area contributed by atoms with Gasteiger partial charge in [-0.2, -0.15) is 0 Å². The van der Waals surface area contributed by atoms with Crippen molar-refractivity contribution in [2.24, 2.45) is 29.4 Å². The number of carboxylic acids is 3. The Morgan fingerprint density at radius 3 is 0.812 bits per heavy atom. The van der Waals surface area contributed by atoms with Gasteiger partial charge >= 0.3 is 17.9 Å². The van der Waals surface area contributed by atoms with E-state index in [1.54, 1.807) is 0 Å². The zero-order valence-corrected chi connectivity index (χ0v) is 84.2. The van der Waals surface area contributed by atoms with Gasteiger partial charge in [0.2, 0.25) is 17.7 Å². The molecule has 7 N–H and O–H groups in total. The zero-order valence-electron chi connectivity index (χ0n) is 84.2. The van der Waals surface area contributed by atoms with E-state index in [9.17, 15) is 53.4 Å². The minimum absolute atomic E-state index is 0.0252. The van der Waals surface area contributed by atoms with Crippen molar-refractivity contribution in [3.63, 3.8) is 0 Å². The number of Topliss-reactive ketones (excluding diaryl/α,β-unsaturated/α-hetero) is 3. The molecular formula is C99H183N3O36. The highest BCUT2D eigenvalue weighted by Gasteiger charge is 2.31. The molecule has 1 rings (SSSR count). The van der Waals surface area contributed by atoms with Crippen LogP contribution >= 0.6 is 0 Å². The number of carbonyl (C=O) groups is 9. The third-order valence-corrected chi connectivity index (χ3v) is 22.1. The molecule has 1 aliphatic carbocycles. The molecule has 0 aromatic heterocycles. The summed E-state index contributed by atoms with van der Waals surface area (Å²) in [4.78, 5) is 110. The maximum absolute atomic E-state index is 13.3. The van der Waals surface area contributed by atoms with E-state index in [4.69, 9.17) is 125 Å². The van der Waals surface area contributed by atoms with Gasteiger partial charge in [0.1, 0.15) is 11.6 Å². The van der Waals surface area contributed by atoms with E-state index in [0.717, 1.165) is 70.6 Å². The number of aliphatic carboxylic acids is 3. The van der Waals surface area contributed by atoms with Crippen molar-refractivity contribution in [1.82, 2.24) is 10.6 Å². The number of carbonyl (C=O) groups excluding carboxylic acids is 6. The largest absolute Gasteiger partial charge is 0.481 e. The summed E-state index contributed by atoms with van der Waals surface area (Å²) in [5.41, 5.74) is 5.39. The number of primary amides is 1. The smallest absolute Gasteiger partial charge is 0.306 e. The highest BCUT2D eigenvalue weighted by atomic mass is 16.6. The molecule has 39 nitrogen and oxygen atoms in total. The number of hydrogen-bond acceptors (Lipinski definition) is 33. The Morgan fingerprint density at radius 1 is 0.268 bits per heavy atom. The van der Waals surface area contributed by atoms with E-state index in [0.29, 0.717) is 349 Å². The van der Waals surface area contributed by atoms with Crippen molar-refractivity contribution in [3.8, 4) is 0 Å². The second kappa shape index (κ2) is 105. The van der Waals surface area contributed by atoms with Crippen LogP contribution in [0, 0.1) is 23.7 Å². The predicted octanol–water partition coefficient (Wildman–Crippen LogP) is 9.58. The number of unbranched alkanes of at least 4 members (excludes halogenated alkanes) is 16. The van der Waals surface area contributed by atoms with Crippen LogP contribution in [0.15, 0.2) is 0 Å². The number of nitrogens with two attached hydrogens (primary N) is 1. The van der Waals surface area contributed by atoms with E-state index in [1.807, 2.05) is 6.92 Å². The van der Waals surface area contributed by atoms with Gasteiger partial charge in [-0.05, 0) is 83.0 Å². The molecule has 1 aliphatic rings. The van der Waals surface area contributed by atoms with Gasteiger partial charge in [-0.15, -0.1) is 0 Å². The molecule has 0 aromatic carbocycles. The van der Waals surface area contributed by atoms with Crippen molar-refractivity contribution in [2.45, 2.75) is 238 Å². The van der Waals surface area contributed by atoms with Gasteiger partial charge in [0, 0.05) is 83.0 Å². The lowest BCUT2D eigenvalue weighted by Gasteiger charge is -2.28. The SMILES string of the molecule is CCC[C@H](CC(=O)CCCCOCCOCCOCCOCCOCCOCCOCCOCCOCCOCCOCCOCCOCCOCCOCCOCCOCCOCCOCCOCCOCCOCCOCCOCCCC(=O)[C@H](CCC(=O)O)NC(=O)CC[C@H](CC(=O)C1CCC(CNC(=O)CCCCCCCCCCCCCCCCCCC(=O)O)CC1)C(=O)O)C(N)=O. The third-order valence-electron chi connectivity index (χ3n) is 22.1. The monoisotopic (exact) mass is 1990 g/mol. The molecule has 0 heterocycles. The Bertz CT molecular complexity index is 2770. The Morgan fingerprint density at radius 2 is 0.536 bits per heavy atom. The maximum Gasteiger partial charge on any atom is 0.306 e. The van der Waals surface area contributed by atoms with Crippen molar-refractivity contribution >= 4 is 53.0 Å². The minimum Gasteiger partial charge on any atom is -0.481 e. The van der Waals surface area contributed by atoms with Gasteiger partial charge < -0.3 is 145 Å². The van der Waals surface area contributed by atoms with E-state index >= 15 is 0 Å². The first kappa shape index (κ1) is 131. The van der Waals surface area contributed by atoms with Crippen LogP contribution in [-0.4, -0.2) is 398 Å². The molecule has 0 bridgehead atoms. The van der Waals surface area contributed by atoms with E-state index in [-0.39, 0.29) is 106 Å². The predicted molar refractivity (Wildman–Crippen MR) is 513 cm³/mol. The van der Waals surface area contributed by atoms with Crippen molar-refractivity contribution in [3.05, 3.63) is 0 Å². The van der Waals surface area contributed by atoms with Gasteiger partial charge in [-0.25, -0.2) is 0 Å². The molecule has 810 valence electrons. The Balaban J connectivity index is 1.79. The standard InChI is InChI=1S/C99H183N3O36/c1-2-22-88(98(100)112)83-90(103)23-19-20-35-115-37-39-117-41-43-119-45-47-121-49-51-123-53-55-125-57-59-127-61-63-129-65-67-131-69-71-133-73-75-135-77-79-137-81-82-138-80-78-136-76-74-134-72-70-132-68-66-130-64-62-128-60-58-126-56-54-124-52-50-122-48-46-120-44-42-118-40-38-116-36-21-24-92(104)91(32-34-97(110)111)102-95(107)33-31-89(99(113)114)84-93(105)87-29-27-86(28-30-87)85-101-94(106)25-17-15-13-11-9-7-5-3-4-6-8-10-12-14-16-18-26-96(108)109/h86-89,91H,2-85H2,1H3,(H2,100,112)(H,101,106)(H,102,107)(H,108,109)(H,110,111)(H,113,114)/t86?,87?,88-,89-,91+/m1/s1. The first-order chi connectivity index (χ1) is 67.6. The van der Waals surface area contributed by atoms with Gasteiger partial charge in [0.25, 0.3) is 0 Å². The molecule has 1 saturated carbocycles. The molecule has 39 heteroatoms. The second-order valence-corrected chi connectivity index (χ2v) is 33.7. The fourth-order valence-corrected chi connectivity index (χ4v) is 14.2. The first-order valence-electron chi connectivity index (χ1n) is 51.6. The molecular weight excluding hydrogens is 1810 g/mol. The molecule has 0 aromatic rings. The Labute approximate surface area is 822 Å². The van der Waals surface area contributed by atoms with E-state index in [2.05, 4.69) is 10.6 Å². The van der Waals surface area contributed by atoms with Crippen LogP contribution in [-0.2, 0) is 157 Å². The average Bonchev–Trinajstić information content (AvgIpc) is 0.865. The molecule has 3 atom stereocenters. The Kier molecular flexibility index (Phi) is 99.3. The third kappa shape index (κ3) is 95.7. The normalized spacial score (nSPS) is 14.0. The minimum atomic E-state index is -1.19. The van der Waals surface area contributed by atoms with Crippen molar-refractivity contribution in [1.29, 1.82) is 0 Å². The van der Waals surface area contributed by atoms with Gasteiger partial charge in [0.15, 0.2) is 5.78 Å². The lowest BCUT2D eigenvalue weighted by molar-refractivity contribution is -0.145. The number of nitrogens with one attached hydrogen (secondary N) is 2. The molecule has 0 unspecified atom stereocenters. The van der Waals surface area contributed by atoms with Crippen molar-refractivity contribution in [2.75, 3.05) is 324 Å². The molecule has 1 fully saturated rings. The number of amides is 3. The molecule has 138 heavy (non-hydrogen) atoms. The fourth-order valence-electron chi connectivity index (χ4n) is 14.2. The lowest BCUT2D eigenvalue weighted by atomic mass is 9.78. The summed E-state index contributed by atoms with van der Waals surface area (Å²) >= 11 is 0. The Hall–Kier alpha value is -5.13. The summed E-state index contributed by atoms with van der Waals surface area (Å²) in [6.07, 6.45) is 24.9. The summed E-state index contributed by atoms with van der Waals surface area (Å²) in [5, 5.41) is 33.7. The van der Waals surface area contributed by atoms with E-state index < -0.39 is 41.7 Å². The molecule has 3 amide bonds. The average molecular weight is 1990 g/mol. The summed E-state index contributed by atoms with van der Waals surface area (Å²) in [5.74, 6) is -5.88. The quantitative estimate of drug-likeness (QED) is 0.0308. The maximum atomic E-state index is 13.3. The van der Waals surface area contributed by atoms with Crippen LogP contribution < -0.4 is 16.4 Å². The first-order valence-corrected chi connectivity index (χ1v) is 51.6. The van der Waals surface area contributed by atoms with Crippen molar-refractivity contribution < 1.29 is 172 Å². The highest BCUT2D eigenvalue weighted by molar-refractivity contribution is 5.90. The van der Waals surface area contributed by atoms with Crippen LogP contribution in [0.5, 0.6) is 0 Å². The number of ketones is 3. The number of rotatable bonds is 116. The van der Waals surface area contributed by atoms with Crippen LogP contribution in [0.25, 0.3) is 0 Å². The fraction of sp³-hybridized carbons (Fsp3) is 0.909. The summed E-state index contributed by atoms with van der Waals surface area (Å²) in [6, 6.07) is -1.07. The van der Waals surface area contributed by atoms with Gasteiger partial charge in [-0.1, -0.05) is 103 Å². The molecule has 0 radical (unpaired) electrons. The van der Waals surface area contributed by atoms with Crippen LogP contribution in [0.1, 0.15) is 232 Å². The lowest BCUT2D eigenvalue weighted by Crippen LogP contribution is -2.41. The van der Waals surface area contributed by atoms with Crippen LogP contribution in [0.4, 0.5) is 0 Å². The van der Waals surface area contributed by atoms with Gasteiger partial charge in [0.05, 0.1) is 316 Å². The highest BCUT2D eigenvalue weighted by Crippen LogP contribution is 2.31. The summed E-state index contributed by atoms with van der Waals surface area (Å²) in [7, 11) is 0. The number of ether oxygens (including phenoxy) is 24. The number of hydrogen-bond donors (Lipinski definition) is 6. The van der Waals surface area contributed by atoms with Gasteiger partial charge in [-0.3, -0.25) is 43.2 Å². The van der Waals surface area contributed by atoms with E-state index in [1.165, 1.54) is 64.2 Å². The van der Waals surface area contributed by atoms with Crippen LogP contribution in [0.3, 0.4) is 0 Å². The summed E-state index contributed by atoms with van der Waals surface area (Å²) < 4.78 is 133. The zero-order chi connectivity index (χ0) is 99.9.